The summed E-state index contributed by atoms with van der Waals surface area (Å²) in [4.78, 5) is 14.7. The van der Waals surface area contributed by atoms with Crippen LogP contribution < -0.4 is 0 Å². The third kappa shape index (κ3) is 2.72. The Kier molecular flexibility index (Phi) is 4.11. The monoisotopic (exact) mass is 441 g/mol. The maximum Gasteiger partial charge on any atom is 0.253 e. The van der Waals surface area contributed by atoms with Gasteiger partial charge in [0, 0.05) is 29.5 Å². The van der Waals surface area contributed by atoms with E-state index in [1.54, 1.807) is 19.0 Å². The van der Waals surface area contributed by atoms with Crippen LogP contribution in [0, 0.1) is 6.92 Å². The Labute approximate surface area is 177 Å². The second-order valence-electron chi connectivity index (χ2n) is 7.83. The molecule has 0 N–H and O–H groups in total. The molecule has 0 fully saturated rings. The van der Waals surface area contributed by atoms with E-state index >= 15 is 0 Å². The van der Waals surface area contributed by atoms with Crippen LogP contribution in [-0.2, 0) is 0 Å². The zero-order valence-electron chi connectivity index (χ0n) is 16.6. The van der Waals surface area contributed by atoms with Crippen molar-refractivity contribution in [1.29, 1.82) is 0 Å². The molecule has 5 rings (SSSR count). The Hall–Kier alpha value is -2.91. The predicted molar refractivity (Wildman–Crippen MR) is 127 cm³/mol. The van der Waals surface area contributed by atoms with Gasteiger partial charge in [0.1, 0.15) is 0 Å². The van der Waals surface area contributed by atoms with Crippen molar-refractivity contribution in [1.82, 2.24) is 4.90 Å². The molecule has 1 amide bonds. The molecular weight excluding hydrogens is 422 g/mol. The third-order valence-corrected chi connectivity index (χ3v) is 6.39. The number of benzene rings is 5. The van der Waals surface area contributed by atoms with Gasteiger partial charge in [-0.2, -0.15) is 0 Å². The molecular formula is C26H20BrNO. The molecule has 2 nitrogen and oxygen atoms in total. The lowest BCUT2D eigenvalue weighted by molar-refractivity contribution is 0.0829. The molecule has 0 aliphatic carbocycles. The molecule has 3 heteroatoms. The summed E-state index contributed by atoms with van der Waals surface area (Å²) in [6.07, 6.45) is 0. The fourth-order valence-electron chi connectivity index (χ4n) is 4.30. The van der Waals surface area contributed by atoms with Crippen molar-refractivity contribution in [3.8, 4) is 0 Å². The number of amides is 1. The lowest BCUT2D eigenvalue weighted by Gasteiger charge is -2.17. The van der Waals surface area contributed by atoms with Crippen LogP contribution in [0.15, 0.2) is 71.2 Å². The first-order chi connectivity index (χ1) is 14.0. The lowest BCUT2D eigenvalue weighted by atomic mass is 9.90. The number of hydrogen-bond acceptors (Lipinski definition) is 1. The van der Waals surface area contributed by atoms with E-state index in [2.05, 4.69) is 77.5 Å². The van der Waals surface area contributed by atoms with Gasteiger partial charge >= 0.3 is 0 Å². The van der Waals surface area contributed by atoms with Crippen LogP contribution in [0.2, 0.25) is 0 Å². The van der Waals surface area contributed by atoms with Crippen molar-refractivity contribution >= 4 is 64.9 Å². The third-order valence-electron chi connectivity index (χ3n) is 5.70. The first kappa shape index (κ1) is 18.1. The molecule has 0 spiro atoms. The van der Waals surface area contributed by atoms with E-state index < -0.39 is 0 Å². The van der Waals surface area contributed by atoms with Crippen molar-refractivity contribution in [3.05, 3.63) is 82.3 Å². The average Bonchev–Trinajstić information content (AvgIpc) is 2.72. The van der Waals surface area contributed by atoms with Gasteiger partial charge in [-0.3, -0.25) is 4.79 Å². The van der Waals surface area contributed by atoms with Crippen molar-refractivity contribution in [2.45, 2.75) is 6.92 Å². The Morgan fingerprint density at radius 1 is 0.724 bits per heavy atom. The van der Waals surface area contributed by atoms with Gasteiger partial charge < -0.3 is 4.90 Å². The Balaban J connectivity index is 2.13. The van der Waals surface area contributed by atoms with E-state index in [1.165, 1.54) is 27.1 Å². The molecule has 0 radical (unpaired) electrons. The maximum absolute atomic E-state index is 13.1. The molecule has 5 aromatic rings. The quantitative estimate of drug-likeness (QED) is 0.254. The van der Waals surface area contributed by atoms with Gasteiger partial charge in [-0.25, -0.2) is 0 Å². The number of rotatable bonds is 1. The molecule has 0 atom stereocenters. The number of halogens is 1. The van der Waals surface area contributed by atoms with Gasteiger partial charge in [-0.05, 0) is 56.8 Å². The largest absolute Gasteiger partial charge is 0.345 e. The number of fused-ring (bicyclic) bond motifs is 7. The summed E-state index contributed by atoms with van der Waals surface area (Å²) in [7, 11) is 3.61. The number of aryl methyl sites for hydroxylation is 1. The highest BCUT2D eigenvalue weighted by Crippen LogP contribution is 2.40. The molecule has 142 valence electrons. The maximum atomic E-state index is 13.1. The SMILES string of the molecule is Cc1ccc2ccc3ccc4ccc5c(Br)ccc(C(=O)N(C)C)c5c4c3c2c1. The average molecular weight is 442 g/mol. The first-order valence-corrected chi connectivity index (χ1v) is 10.4. The highest BCUT2D eigenvalue weighted by molar-refractivity contribution is 9.10. The summed E-state index contributed by atoms with van der Waals surface area (Å²) in [5.74, 6) is 0.0171. The number of hydrogen-bond donors (Lipinski definition) is 0. The Bertz CT molecular complexity index is 1460. The molecule has 5 aromatic carbocycles. The zero-order valence-corrected chi connectivity index (χ0v) is 18.2. The summed E-state index contributed by atoms with van der Waals surface area (Å²) >= 11 is 3.70. The second-order valence-corrected chi connectivity index (χ2v) is 8.69. The van der Waals surface area contributed by atoms with Crippen LogP contribution in [0.25, 0.3) is 43.1 Å². The van der Waals surface area contributed by atoms with Crippen molar-refractivity contribution in [2.24, 2.45) is 0 Å². The topological polar surface area (TPSA) is 20.3 Å². The van der Waals surface area contributed by atoms with Gasteiger partial charge in [0.05, 0.1) is 0 Å². The Morgan fingerprint density at radius 2 is 1.34 bits per heavy atom. The van der Waals surface area contributed by atoms with Crippen molar-refractivity contribution in [3.63, 3.8) is 0 Å². The smallest absolute Gasteiger partial charge is 0.253 e. The standard InChI is InChI=1S/C26H20BrNO/c1-15-4-5-16-6-7-17-8-9-18-10-11-19-22(27)13-12-20(26(29)28(2)3)25(19)24(18)23(17)21(16)14-15/h4-14H,1-3H3. The van der Waals surface area contributed by atoms with E-state index in [-0.39, 0.29) is 5.91 Å². The van der Waals surface area contributed by atoms with Gasteiger partial charge in [0.25, 0.3) is 5.91 Å². The van der Waals surface area contributed by atoms with Crippen LogP contribution in [0.3, 0.4) is 0 Å². The van der Waals surface area contributed by atoms with Crippen LogP contribution in [0.5, 0.6) is 0 Å². The highest BCUT2D eigenvalue weighted by Gasteiger charge is 2.18. The van der Waals surface area contributed by atoms with E-state index in [0.717, 1.165) is 31.6 Å². The van der Waals surface area contributed by atoms with Gasteiger partial charge in [-0.1, -0.05) is 76.1 Å². The van der Waals surface area contributed by atoms with Gasteiger partial charge in [0.2, 0.25) is 0 Å². The minimum atomic E-state index is 0.0171. The van der Waals surface area contributed by atoms with Gasteiger partial charge in [0.15, 0.2) is 0 Å². The van der Waals surface area contributed by atoms with Crippen molar-refractivity contribution in [2.75, 3.05) is 14.1 Å². The summed E-state index contributed by atoms with van der Waals surface area (Å²) in [5, 5.41) is 9.18. The zero-order chi connectivity index (χ0) is 20.3. The van der Waals surface area contributed by atoms with E-state index in [4.69, 9.17) is 0 Å². The molecule has 0 saturated heterocycles. The molecule has 0 heterocycles. The minimum Gasteiger partial charge on any atom is -0.345 e. The van der Waals surface area contributed by atoms with E-state index in [0.29, 0.717) is 0 Å². The molecule has 0 aromatic heterocycles. The summed E-state index contributed by atoms with van der Waals surface area (Å²) < 4.78 is 0.998. The fraction of sp³-hybridized carbons (Fsp3) is 0.115. The molecule has 29 heavy (non-hydrogen) atoms. The molecule has 0 aliphatic heterocycles. The fourth-order valence-corrected chi connectivity index (χ4v) is 4.76. The highest BCUT2D eigenvalue weighted by atomic mass is 79.9. The Morgan fingerprint density at radius 3 is 2.07 bits per heavy atom. The molecule has 0 saturated carbocycles. The minimum absolute atomic E-state index is 0.0171. The number of carbonyl (C=O) groups is 1. The van der Waals surface area contributed by atoms with Crippen LogP contribution in [0.4, 0.5) is 0 Å². The van der Waals surface area contributed by atoms with Crippen LogP contribution in [0.1, 0.15) is 15.9 Å². The number of carbonyl (C=O) groups excluding carboxylic acids is 1. The first-order valence-electron chi connectivity index (χ1n) is 9.64. The predicted octanol–water partition coefficient (Wildman–Crippen LogP) is 7.07. The van der Waals surface area contributed by atoms with E-state index in [1.807, 2.05) is 12.1 Å². The molecule has 0 bridgehead atoms. The van der Waals surface area contributed by atoms with Crippen LogP contribution in [-0.4, -0.2) is 24.9 Å². The number of nitrogens with zero attached hydrogens (tertiary/aromatic N) is 1. The summed E-state index contributed by atoms with van der Waals surface area (Å²) in [5.41, 5.74) is 1.96. The summed E-state index contributed by atoms with van der Waals surface area (Å²) in [6, 6.07) is 23.4. The molecule has 0 aliphatic rings. The van der Waals surface area contributed by atoms with Crippen molar-refractivity contribution < 1.29 is 4.79 Å². The van der Waals surface area contributed by atoms with Crippen LogP contribution >= 0.6 is 15.9 Å². The van der Waals surface area contributed by atoms with E-state index in [9.17, 15) is 4.79 Å². The summed E-state index contributed by atoms with van der Waals surface area (Å²) in [6.45, 7) is 2.12. The molecule has 0 unspecified atom stereocenters. The second kappa shape index (κ2) is 6.57. The normalized spacial score (nSPS) is 11.6. The van der Waals surface area contributed by atoms with Gasteiger partial charge in [-0.15, -0.1) is 0 Å². The lowest BCUT2D eigenvalue weighted by Crippen LogP contribution is -2.22.